The van der Waals surface area contributed by atoms with Gasteiger partial charge >= 0.3 is 0 Å². The van der Waals surface area contributed by atoms with Gasteiger partial charge < -0.3 is 4.74 Å². The molecule has 0 spiro atoms. The van der Waals surface area contributed by atoms with Crippen LogP contribution in [0.15, 0.2) is 83.9 Å². The minimum absolute atomic E-state index is 0.0376. The number of β-lactam (4-membered cyclic amide) rings is 1. The molecule has 1 saturated heterocycles. The first-order valence-corrected chi connectivity index (χ1v) is 11.2. The number of benzene rings is 3. The second kappa shape index (κ2) is 7.33. The molecule has 3 aromatic rings. The topological polar surface area (TPSA) is 41.9 Å². The van der Waals surface area contributed by atoms with Gasteiger partial charge in [-0.05, 0) is 43.0 Å². The van der Waals surface area contributed by atoms with Crippen molar-refractivity contribution >= 4 is 34.1 Å². The Morgan fingerprint density at radius 3 is 2.43 bits per heavy atom. The van der Waals surface area contributed by atoms with Gasteiger partial charge in [0.25, 0.3) is 5.91 Å². The van der Waals surface area contributed by atoms with E-state index in [0.29, 0.717) is 12.2 Å². The fourth-order valence-electron chi connectivity index (χ4n) is 4.35. The Morgan fingerprint density at radius 1 is 1.00 bits per heavy atom. The van der Waals surface area contributed by atoms with Gasteiger partial charge in [-0.25, -0.2) is 4.99 Å². The molecule has 0 aliphatic carbocycles. The molecule has 0 N–H and O–H groups in total. The summed E-state index contributed by atoms with van der Waals surface area (Å²) in [6.07, 6.45) is 2.02. The number of ether oxygens (including phenoxy) is 1. The third kappa shape index (κ3) is 2.84. The van der Waals surface area contributed by atoms with E-state index in [1.807, 2.05) is 65.8 Å². The molecule has 4 nitrogen and oxygen atoms in total. The minimum Gasteiger partial charge on any atom is -0.478 e. The molecule has 3 aromatic carbocycles. The maximum Gasteiger partial charge on any atom is 0.271 e. The maximum atomic E-state index is 13.5. The Balaban J connectivity index is 1.70. The van der Waals surface area contributed by atoms with E-state index in [2.05, 4.69) is 31.2 Å². The smallest absolute Gasteiger partial charge is 0.271 e. The van der Waals surface area contributed by atoms with Crippen LogP contribution in [0.4, 0.5) is 11.4 Å². The summed E-state index contributed by atoms with van der Waals surface area (Å²) in [5.41, 5.74) is 3.25. The number of fused-ring (bicyclic) bond motifs is 3. The van der Waals surface area contributed by atoms with Gasteiger partial charge in [0, 0.05) is 6.42 Å². The van der Waals surface area contributed by atoms with Gasteiger partial charge in [-0.1, -0.05) is 60.2 Å². The number of thioether (sulfide) groups is 1. The van der Waals surface area contributed by atoms with Crippen molar-refractivity contribution in [1.29, 1.82) is 0 Å². The van der Waals surface area contributed by atoms with Crippen LogP contribution in [0.25, 0.3) is 0 Å². The Morgan fingerprint density at radius 2 is 1.70 bits per heavy atom. The molecule has 2 aliphatic heterocycles. The Labute approximate surface area is 180 Å². The summed E-state index contributed by atoms with van der Waals surface area (Å²) in [5, 5.41) is 0.986. The number of anilines is 1. The third-order valence-electron chi connectivity index (χ3n) is 5.85. The van der Waals surface area contributed by atoms with Crippen LogP contribution in [0, 0.1) is 6.92 Å². The predicted molar refractivity (Wildman–Crippen MR) is 123 cm³/mol. The van der Waals surface area contributed by atoms with Crippen molar-refractivity contribution in [2.45, 2.75) is 25.0 Å². The molecule has 1 amide bonds. The SMILES string of the molecule is CSC1=Nc2ccccc2N2C(=O)C(Oc3ccccc3)C2(c2ccc(C)cc2)C1. The van der Waals surface area contributed by atoms with Crippen LogP contribution in [0.3, 0.4) is 0 Å². The second-order valence-electron chi connectivity index (χ2n) is 7.65. The molecular formula is C25H22N2O2S. The first-order valence-electron chi connectivity index (χ1n) is 9.97. The van der Waals surface area contributed by atoms with E-state index in [4.69, 9.17) is 9.73 Å². The van der Waals surface area contributed by atoms with Crippen molar-refractivity contribution in [3.8, 4) is 5.75 Å². The lowest BCUT2D eigenvalue weighted by molar-refractivity contribution is -0.141. The molecule has 30 heavy (non-hydrogen) atoms. The van der Waals surface area contributed by atoms with Crippen LogP contribution in [-0.2, 0) is 10.3 Å². The second-order valence-corrected chi connectivity index (χ2v) is 8.53. The van der Waals surface area contributed by atoms with E-state index in [-0.39, 0.29) is 5.91 Å². The van der Waals surface area contributed by atoms with Gasteiger partial charge in [-0.3, -0.25) is 9.69 Å². The summed E-state index contributed by atoms with van der Waals surface area (Å²) in [5.74, 6) is 0.659. The fourth-order valence-corrected chi connectivity index (χ4v) is 4.91. The molecule has 2 aliphatic rings. The predicted octanol–water partition coefficient (Wildman–Crippen LogP) is 5.48. The monoisotopic (exact) mass is 414 g/mol. The number of para-hydroxylation sites is 3. The summed E-state index contributed by atoms with van der Waals surface area (Å²) < 4.78 is 6.33. The van der Waals surface area contributed by atoms with E-state index in [1.165, 1.54) is 5.56 Å². The van der Waals surface area contributed by atoms with Crippen LogP contribution in [-0.4, -0.2) is 23.3 Å². The molecule has 2 heterocycles. The van der Waals surface area contributed by atoms with E-state index in [0.717, 1.165) is 22.0 Å². The number of hydrogen-bond acceptors (Lipinski definition) is 4. The van der Waals surface area contributed by atoms with Crippen molar-refractivity contribution < 1.29 is 9.53 Å². The number of amides is 1. The lowest BCUT2D eigenvalue weighted by Crippen LogP contribution is -2.74. The van der Waals surface area contributed by atoms with Crippen molar-refractivity contribution in [2.75, 3.05) is 11.2 Å². The van der Waals surface area contributed by atoms with Crippen LogP contribution >= 0.6 is 11.8 Å². The van der Waals surface area contributed by atoms with Crippen LogP contribution in [0.5, 0.6) is 5.75 Å². The highest BCUT2D eigenvalue weighted by Gasteiger charge is 2.65. The normalized spacial score (nSPS) is 22.3. The summed E-state index contributed by atoms with van der Waals surface area (Å²) in [4.78, 5) is 20.3. The van der Waals surface area contributed by atoms with Crippen LogP contribution < -0.4 is 9.64 Å². The molecule has 1 fully saturated rings. The number of carbonyl (C=O) groups is 1. The molecule has 0 radical (unpaired) electrons. The first kappa shape index (κ1) is 18.9. The number of aryl methyl sites for hydroxylation is 1. The van der Waals surface area contributed by atoms with Gasteiger partial charge in [-0.2, -0.15) is 0 Å². The molecule has 150 valence electrons. The zero-order valence-corrected chi connectivity index (χ0v) is 17.7. The molecule has 0 bridgehead atoms. The van der Waals surface area contributed by atoms with Crippen molar-refractivity contribution in [1.82, 2.24) is 0 Å². The van der Waals surface area contributed by atoms with Gasteiger partial charge in [0.05, 0.1) is 16.4 Å². The number of nitrogens with zero attached hydrogens (tertiary/aromatic N) is 2. The highest BCUT2D eigenvalue weighted by Crippen LogP contribution is 2.53. The standard InChI is InChI=1S/C25H22N2O2S/c1-17-12-14-18(15-13-17)25-16-22(30-2)26-20-10-6-7-11-21(20)27(25)24(28)23(25)29-19-8-4-3-5-9-19/h3-15,23H,16H2,1-2H3. The molecule has 5 rings (SSSR count). The highest BCUT2D eigenvalue weighted by molar-refractivity contribution is 8.13. The Hall–Kier alpha value is -3.05. The summed E-state index contributed by atoms with van der Waals surface area (Å²) in [6.45, 7) is 2.07. The first-order chi connectivity index (χ1) is 14.6. The van der Waals surface area contributed by atoms with Gasteiger partial charge in [0.15, 0.2) is 0 Å². The summed E-state index contributed by atoms with van der Waals surface area (Å²) >= 11 is 1.62. The summed E-state index contributed by atoms with van der Waals surface area (Å²) in [6, 6.07) is 25.9. The van der Waals surface area contributed by atoms with Crippen molar-refractivity contribution in [3.05, 3.63) is 90.0 Å². The molecule has 5 heteroatoms. The average Bonchev–Trinajstić information content (AvgIpc) is 2.91. The quantitative estimate of drug-likeness (QED) is 0.533. The number of hydrogen-bond donors (Lipinski definition) is 0. The Kier molecular flexibility index (Phi) is 4.63. The maximum absolute atomic E-state index is 13.5. The zero-order chi connectivity index (χ0) is 20.7. The molecule has 0 aromatic heterocycles. The van der Waals surface area contributed by atoms with E-state index in [1.54, 1.807) is 11.8 Å². The van der Waals surface area contributed by atoms with Gasteiger partial charge in [-0.15, -0.1) is 11.8 Å². The summed E-state index contributed by atoms with van der Waals surface area (Å²) in [7, 11) is 0. The molecule has 0 saturated carbocycles. The minimum atomic E-state index is -0.644. The Bertz CT molecular complexity index is 1130. The number of carbonyl (C=O) groups excluding carboxylic acids is 1. The zero-order valence-electron chi connectivity index (χ0n) is 16.9. The van der Waals surface area contributed by atoms with Gasteiger partial charge in [0.2, 0.25) is 6.10 Å². The van der Waals surface area contributed by atoms with Crippen LogP contribution in [0.1, 0.15) is 17.5 Å². The lowest BCUT2D eigenvalue weighted by Gasteiger charge is -2.56. The highest BCUT2D eigenvalue weighted by atomic mass is 32.2. The number of rotatable bonds is 3. The van der Waals surface area contributed by atoms with Crippen molar-refractivity contribution in [2.24, 2.45) is 4.99 Å². The largest absolute Gasteiger partial charge is 0.478 e. The fraction of sp³-hybridized carbons (Fsp3) is 0.200. The average molecular weight is 415 g/mol. The number of aliphatic imine (C=N–C) groups is 1. The lowest BCUT2D eigenvalue weighted by atomic mass is 9.72. The van der Waals surface area contributed by atoms with Gasteiger partial charge in [0.1, 0.15) is 11.3 Å². The molecular weight excluding hydrogens is 392 g/mol. The van der Waals surface area contributed by atoms with Crippen LogP contribution in [0.2, 0.25) is 0 Å². The third-order valence-corrected chi connectivity index (χ3v) is 6.56. The molecule has 2 atom stereocenters. The van der Waals surface area contributed by atoms with E-state index < -0.39 is 11.6 Å². The molecule has 2 unspecified atom stereocenters. The van der Waals surface area contributed by atoms with E-state index in [9.17, 15) is 4.79 Å². The van der Waals surface area contributed by atoms with E-state index >= 15 is 0 Å². The van der Waals surface area contributed by atoms with Crippen molar-refractivity contribution in [3.63, 3.8) is 0 Å².